The van der Waals surface area contributed by atoms with Gasteiger partial charge >= 0.3 is 0 Å². The molecule has 1 aromatic rings. The van der Waals surface area contributed by atoms with Gasteiger partial charge in [-0.05, 0) is 23.6 Å². The van der Waals surface area contributed by atoms with Gasteiger partial charge in [-0.2, -0.15) is 12.6 Å². The summed E-state index contributed by atoms with van der Waals surface area (Å²) < 4.78 is 0. The SMILES string of the molecule is NC(S)c1ccc2c(c1)CCC(=O)N2. The Labute approximate surface area is 88.1 Å². The smallest absolute Gasteiger partial charge is 0.224 e. The summed E-state index contributed by atoms with van der Waals surface area (Å²) in [6.45, 7) is 0. The van der Waals surface area contributed by atoms with Crippen molar-refractivity contribution in [3.63, 3.8) is 0 Å². The molecular formula is C10H12N2OS. The summed E-state index contributed by atoms with van der Waals surface area (Å²) in [6, 6.07) is 5.78. The van der Waals surface area contributed by atoms with Crippen molar-refractivity contribution in [3.05, 3.63) is 29.3 Å². The van der Waals surface area contributed by atoms with Crippen LogP contribution in [0, 0.1) is 0 Å². The highest BCUT2D eigenvalue weighted by Crippen LogP contribution is 2.26. The molecule has 3 N–H and O–H groups in total. The van der Waals surface area contributed by atoms with Gasteiger partial charge in [-0.15, -0.1) is 0 Å². The first-order chi connectivity index (χ1) is 6.66. The van der Waals surface area contributed by atoms with Crippen LogP contribution in [-0.4, -0.2) is 5.91 Å². The van der Waals surface area contributed by atoms with Gasteiger partial charge in [0.1, 0.15) is 0 Å². The Kier molecular flexibility index (Phi) is 2.48. The molecular weight excluding hydrogens is 196 g/mol. The molecule has 74 valence electrons. The third-order valence-electron chi connectivity index (χ3n) is 2.37. The van der Waals surface area contributed by atoms with E-state index in [1.54, 1.807) is 0 Å². The van der Waals surface area contributed by atoms with Crippen LogP contribution in [0.2, 0.25) is 0 Å². The fourth-order valence-electron chi connectivity index (χ4n) is 1.59. The van der Waals surface area contributed by atoms with E-state index >= 15 is 0 Å². The highest BCUT2D eigenvalue weighted by molar-refractivity contribution is 7.80. The molecule has 0 radical (unpaired) electrons. The minimum atomic E-state index is -0.252. The highest BCUT2D eigenvalue weighted by Gasteiger charge is 2.15. The van der Waals surface area contributed by atoms with Crippen LogP contribution in [0.25, 0.3) is 0 Å². The first kappa shape index (κ1) is 9.55. The fourth-order valence-corrected chi connectivity index (χ4v) is 1.75. The third kappa shape index (κ3) is 1.76. The van der Waals surface area contributed by atoms with Crippen molar-refractivity contribution in [1.29, 1.82) is 0 Å². The van der Waals surface area contributed by atoms with Crippen molar-refractivity contribution in [2.75, 3.05) is 5.32 Å². The number of fused-ring (bicyclic) bond motifs is 1. The van der Waals surface area contributed by atoms with Gasteiger partial charge < -0.3 is 11.1 Å². The summed E-state index contributed by atoms with van der Waals surface area (Å²) in [5.41, 5.74) is 8.69. The lowest BCUT2D eigenvalue weighted by Gasteiger charge is -2.18. The van der Waals surface area contributed by atoms with Gasteiger partial charge in [0, 0.05) is 12.1 Å². The van der Waals surface area contributed by atoms with Crippen LogP contribution in [0.3, 0.4) is 0 Å². The molecule has 3 nitrogen and oxygen atoms in total. The Balaban J connectivity index is 2.36. The number of carbonyl (C=O) groups is 1. The van der Waals surface area contributed by atoms with Gasteiger partial charge in [0.25, 0.3) is 0 Å². The average molecular weight is 208 g/mol. The fraction of sp³-hybridized carbons (Fsp3) is 0.300. The monoisotopic (exact) mass is 208 g/mol. The summed E-state index contributed by atoms with van der Waals surface area (Å²) >= 11 is 4.16. The van der Waals surface area contributed by atoms with E-state index in [0.29, 0.717) is 6.42 Å². The van der Waals surface area contributed by atoms with Crippen LogP contribution in [0.15, 0.2) is 18.2 Å². The van der Waals surface area contributed by atoms with E-state index in [4.69, 9.17) is 5.73 Å². The normalized spacial score (nSPS) is 17.1. The van der Waals surface area contributed by atoms with Crippen LogP contribution >= 0.6 is 12.6 Å². The molecule has 0 saturated carbocycles. The van der Waals surface area contributed by atoms with E-state index in [0.717, 1.165) is 23.2 Å². The standard InChI is InChI=1S/C10H12N2OS/c11-10(14)7-1-3-8-6(5-7)2-4-9(13)12-8/h1,3,5,10,14H,2,4,11H2,(H,12,13). The molecule has 4 heteroatoms. The molecule has 0 aliphatic carbocycles. The van der Waals surface area contributed by atoms with E-state index in [-0.39, 0.29) is 11.3 Å². The summed E-state index contributed by atoms with van der Waals surface area (Å²) in [4.78, 5) is 11.1. The molecule has 1 unspecified atom stereocenters. The molecule has 14 heavy (non-hydrogen) atoms. The molecule has 0 fully saturated rings. The quantitative estimate of drug-likeness (QED) is 0.483. The zero-order valence-corrected chi connectivity index (χ0v) is 8.55. The van der Waals surface area contributed by atoms with Gasteiger partial charge in [0.15, 0.2) is 0 Å². The lowest BCUT2D eigenvalue weighted by molar-refractivity contribution is -0.116. The van der Waals surface area contributed by atoms with Gasteiger partial charge in [-0.3, -0.25) is 4.79 Å². The van der Waals surface area contributed by atoms with Gasteiger partial charge in [0.05, 0.1) is 5.37 Å². The van der Waals surface area contributed by atoms with E-state index in [1.807, 2.05) is 18.2 Å². The molecule has 1 aliphatic rings. The molecule has 1 heterocycles. The molecule has 1 amide bonds. The molecule has 1 atom stereocenters. The van der Waals surface area contributed by atoms with E-state index in [9.17, 15) is 4.79 Å². The Morgan fingerprint density at radius 1 is 1.43 bits per heavy atom. The molecule has 1 aliphatic heterocycles. The summed E-state index contributed by atoms with van der Waals surface area (Å²) in [5, 5.41) is 2.57. The lowest BCUT2D eigenvalue weighted by Crippen LogP contribution is -2.19. The predicted molar refractivity (Wildman–Crippen MR) is 59.3 cm³/mol. The van der Waals surface area contributed by atoms with Crippen molar-refractivity contribution in [2.24, 2.45) is 5.73 Å². The number of hydrogen-bond donors (Lipinski definition) is 3. The van der Waals surface area contributed by atoms with E-state index < -0.39 is 0 Å². The van der Waals surface area contributed by atoms with E-state index in [1.165, 1.54) is 0 Å². The molecule has 1 aromatic carbocycles. The zero-order chi connectivity index (χ0) is 10.1. The minimum Gasteiger partial charge on any atom is -0.326 e. The molecule has 0 saturated heterocycles. The van der Waals surface area contributed by atoms with Crippen LogP contribution in [0.1, 0.15) is 22.9 Å². The number of anilines is 1. The first-order valence-corrected chi connectivity index (χ1v) is 5.05. The second-order valence-electron chi connectivity index (χ2n) is 3.41. The van der Waals surface area contributed by atoms with Crippen molar-refractivity contribution < 1.29 is 4.79 Å². The molecule has 0 spiro atoms. The topological polar surface area (TPSA) is 55.1 Å². The number of nitrogens with one attached hydrogen (secondary N) is 1. The molecule has 2 rings (SSSR count). The number of rotatable bonds is 1. The van der Waals surface area contributed by atoms with Crippen molar-refractivity contribution in [1.82, 2.24) is 0 Å². The van der Waals surface area contributed by atoms with Crippen LogP contribution < -0.4 is 11.1 Å². The number of aryl methyl sites for hydroxylation is 1. The highest BCUT2D eigenvalue weighted by atomic mass is 32.1. The van der Waals surface area contributed by atoms with Crippen LogP contribution in [-0.2, 0) is 11.2 Å². The van der Waals surface area contributed by atoms with Crippen LogP contribution in [0.5, 0.6) is 0 Å². The maximum Gasteiger partial charge on any atom is 0.224 e. The molecule has 0 aromatic heterocycles. The molecule has 0 bridgehead atoms. The second-order valence-corrected chi connectivity index (χ2v) is 3.97. The number of nitrogens with two attached hydrogens (primary N) is 1. The number of thiol groups is 1. The summed E-state index contributed by atoms with van der Waals surface area (Å²) in [5.74, 6) is 0.0837. The maximum absolute atomic E-state index is 11.1. The minimum absolute atomic E-state index is 0.0837. The zero-order valence-electron chi connectivity index (χ0n) is 7.66. The third-order valence-corrected chi connectivity index (χ3v) is 2.66. The summed E-state index contributed by atoms with van der Waals surface area (Å²) in [7, 11) is 0. The number of benzene rings is 1. The van der Waals surface area contributed by atoms with Crippen LogP contribution in [0.4, 0.5) is 5.69 Å². The van der Waals surface area contributed by atoms with Gasteiger partial charge in [0.2, 0.25) is 5.91 Å². The Morgan fingerprint density at radius 2 is 2.21 bits per heavy atom. The maximum atomic E-state index is 11.1. The first-order valence-electron chi connectivity index (χ1n) is 4.53. The Morgan fingerprint density at radius 3 is 2.93 bits per heavy atom. The van der Waals surface area contributed by atoms with E-state index in [2.05, 4.69) is 17.9 Å². The summed E-state index contributed by atoms with van der Waals surface area (Å²) in [6.07, 6.45) is 1.34. The Bertz CT molecular complexity index is 376. The Hall–Kier alpha value is -1.00. The largest absolute Gasteiger partial charge is 0.326 e. The second kappa shape index (κ2) is 3.63. The van der Waals surface area contributed by atoms with Crippen molar-refractivity contribution in [3.8, 4) is 0 Å². The van der Waals surface area contributed by atoms with Gasteiger partial charge in [-0.25, -0.2) is 0 Å². The van der Waals surface area contributed by atoms with Gasteiger partial charge in [-0.1, -0.05) is 12.1 Å². The number of carbonyl (C=O) groups excluding carboxylic acids is 1. The lowest BCUT2D eigenvalue weighted by atomic mass is 10.0. The average Bonchev–Trinajstić information content (AvgIpc) is 2.16. The number of hydrogen-bond acceptors (Lipinski definition) is 3. The van der Waals surface area contributed by atoms with Crippen molar-refractivity contribution >= 4 is 24.2 Å². The predicted octanol–water partition coefficient (Wildman–Crippen LogP) is 1.46. The number of amides is 1. The van der Waals surface area contributed by atoms with Crippen molar-refractivity contribution in [2.45, 2.75) is 18.2 Å².